The zero-order chi connectivity index (χ0) is 14.6. The van der Waals surface area contributed by atoms with Crippen LogP contribution in [0.15, 0.2) is 0 Å². The predicted octanol–water partition coefficient (Wildman–Crippen LogP) is 2.56. The molecule has 1 heterocycles. The van der Waals surface area contributed by atoms with Crippen LogP contribution in [-0.2, 0) is 14.4 Å². The molecule has 0 bridgehead atoms. The van der Waals surface area contributed by atoms with Gasteiger partial charge in [-0.05, 0) is 19.3 Å². The Balaban J connectivity index is 2.32. The van der Waals surface area contributed by atoms with E-state index in [1.165, 1.54) is 4.90 Å². The summed E-state index contributed by atoms with van der Waals surface area (Å²) in [6, 6.07) is 0. The molecule has 4 nitrogen and oxygen atoms in total. The van der Waals surface area contributed by atoms with Crippen molar-refractivity contribution in [1.82, 2.24) is 4.90 Å². The van der Waals surface area contributed by atoms with Crippen LogP contribution in [0.2, 0.25) is 0 Å². The molecule has 0 N–H and O–H groups in total. The van der Waals surface area contributed by atoms with Crippen molar-refractivity contribution in [2.24, 2.45) is 11.3 Å². The van der Waals surface area contributed by atoms with Gasteiger partial charge in [0.1, 0.15) is 5.78 Å². The lowest BCUT2D eigenvalue weighted by atomic mass is 9.88. The molecular weight excluding hydrogens is 242 g/mol. The zero-order valence-electron chi connectivity index (χ0n) is 12.5. The quantitative estimate of drug-likeness (QED) is 0.549. The normalized spacial score (nSPS) is 20.2. The number of imide groups is 1. The van der Waals surface area contributed by atoms with E-state index in [1.54, 1.807) is 0 Å². The number of hydrogen-bond acceptors (Lipinski definition) is 3. The van der Waals surface area contributed by atoms with Crippen LogP contribution in [0.3, 0.4) is 0 Å². The summed E-state index contributed by atoms with van der Waals surface area (Å²) in [5.74, 6) is 0.0235. The molecular formula is C15H25NO3. The van der Waals surface area contributed by atoms with Crippen molar-refractivity contribution in [3.63, 3.8) is 0 Å². The first-order chi connectivity index (χ1) is 8.77. The summed E-state index contributed by atoms with van der Waals surface area (Å²) in [4.78, 5) is 36.7. The van der Waals surface area contributed by atoms with Gasteiger partial charge in [0, 0.05) is 30.7 Å². The van der Waals surface area contributed by atoms with E-state index in [-0.39, 0.29) is 28.9 Å². The number of nitrogens with zero attached hydrogens (tertiary/aromatic N) is 1. The van der Waals surface area contributed by atoms with Gasteiger partial charge >= 0.3 is 0 Å². The Morgan fingerprint density at radius 1 is 1.26 bits per heavy atom. The lowest BCUT2D eigenvalue weighted by molar-refractivity contribution is -0.139. The van der Waals surface area contributed by atoms with Crippen molar-refractivity contribution < 1.29 is 14.4 Å². The van der Waals surface area contributed by atoms with Gasteiger partial charge in [0.15, 0.2) is 0 Å². The van der Waals surface area contributed by atoms with E-state index in [2.05, 4.69) is 0 Å². The van der Waals surface area contributed by atoms with Gasteiger partial charge in [-0.2, -0.15) is 0 Å². The van der Waals surface area contributed by atoms with Gasteiger partial charge in [0.05, 0.1) is 0 Å². The lowest BCUT2D eigenvalue weighted by Gasteiger charge is -2.17. The fourth-order valence-electron chi connectivity index (χ4n) is 2.24. The predicted molar refractivity (Wildman–Crippen MR) is 73.4 cm³/mol. The smallest absolute Gasteiger partial charge is 0.232 e. The molecule has 108 valence electrons. The highest BCUT2D eigenvalue weighted by atomic mass is 16.2. The zero-order valence-corrected chi connectivity index (χ0v) is 12.5. The average molecular weight is 267 g/mol. The fraction of sp³-hybridized carbons (Fsp3) is 0.800. The number of amides is 2. The number of rotatable bonds is 6. The second kappa shape index (κ2) is 6.31. The lowest BCUT2D eigenvalue weighted by Crippen LogP contribution is -2.31. The van der Waals surface area contributed by atoms with E-state index in [9.17, 15) is 14.4 Å². The molecule has 0 aromatic carbocycles. The van der Waals surface area contributed by atoms with Crippen LogP contribution in [0.4, 0.5) is 0 Å². The van der Waals surface area contributed by atoms with E-state index in [4.69, 9.17) is 0 Å². The van der Waals surface area contributed by atoms with Crippen LogP contribution in [0.25, 0.3) is 0 Å². The Hall–Kier alpha value is -1.19. The Kier molecular flexibility index (Phi) is 5.27. The summed E-state index contributed by atoms with van der Waals surface area (Å²) >= 11 is 0. The Bertz CT molecular complexity index is 368. The van der Waals surface area contributed by atoms with Crippen molar-refractivity contribution >= 4 is 17.6 Å². The summed E-state index contributed by atoms with van der Waals surface area (Å²) in [6.07, 6.45) is 3.07. The molecule has 1 rings (SSSR count). The first kappa shape index (κ1) is 15.9. The molecule has 4 heteroatoms. The second-order valence-electron chi connectivity index (χ2n) is 6.32. The molecule has 0 radical (unpaired) electrons. The highest BCUT2D eigenvalue weighted by Crippen LogP contribution is 2.23. The Morgan fingerprint density at radius 2 is 1.89 bits per heavy atom. The number of hydrogen-bond donors (Lipinski definition) is 0. The van der Waals surface area contributed by atoms with E-state index in [0.29, 0.717) is 19.4 Å². The number of carbonyl (C=O) groups excluding carboxylic acids is 3. The van der Waals surface area contributed by atoms with Gasteiger partial charge in [-0.15, -0.1) is 0 Å². The van der Waals surface area contributed by atoms with Crippen LogP contribution in [0.5, 0.6) is 0 Å². The van der Waals surface area contributed by atoms with Gasteiger partial charge in [-0.25, -0.2) is 0 Å². The van der Waals surface area contributed by atoms with Crippen molar-refractivity contribution in [2.75, 3.05) is 6.54 Å². The number of carbonyl (C=O) groups is 3. The van der Waals surface area contributed by atoms with Crippen molar-refractivity contribution in [3.05, 3.63) is 0 Å². The fourth-order valence-corrected chi connectivity index (χ4v) is 2.24. The largest absolute Gasteiger partial charge is 0.299 e. The number of ketones is 1. The van der Waals surface area contributed by atoms with Crippen LogP contribution in [0.1, 0.15) is 59.8 Å². The molecule has 1 atom stereocenters. The molecule has 0 saturated carbocycles. The first-order valence-corrected chi connectivity index (χ1v) is 7.15. The molecule has 0 aromatic rings. The minimum atomic E-state index is -0.299. The summed E-state index contributed by atoms with van der Waals surface area (Å²) in [7, 11) is 0. The monoisotopic (exact) mass is 267 g/mol. The molecule has 19 heavy (non-hydrogen) atoms. The molecule has 1 unspecified atom stereocenters. The number of Topliss-reactive ketones (excluding diaryl/α,β-unsaturated/α-hetero) is 1. The minimum Gasteiger partial charge on any atom is -0.299 e. The van der Waals surface area contributed by atoms with Crippen LogP contribution in [-0.4, -0.2) is 29.0 Å². The highest BCUT2D eigenvalue weighted by Gasteiger charge is 2.36. The van der Waals surface area contributed by atoms with Gasteiger partial charge in [-0.3, -0.25) is 19.3 Å². The maximum absolute atomic E-state index is 11.9. The standard InChI is InChI=1S/C15H25NO3/c1-5-11-10-13(18)16(14(11)19)9-7-6-8-12(17)15(2,3)4/h11H,5-10H2,1-4H3. The average Bonchev–Trinajstić information content (AvgIpc) is 2.59. The topological polar surface area (TPSA) is 54.5 Å². The third-order valence-electron chi connectivity index (χ3n) is 3.70. The van der Waals surface area contributed by atoms with Gasteiger partial charge in [0.25, 0.3) is 0 Å². The van der Waals surface area contributed by atoms with Crippen LogP contribution >= 0.6 is 0 Å². The van der Waals surface area contributed by atoms with Crippen LogP contribution < -0.4 is 0 Å². The molecule has 2 amide bonds. The summed E-state index contributed by atoms with van der Waals surface area (Å²) in [6.45, 7) is 8.13. The van der Waals surface area contributed by atoms with E-state index < -0.39 is 0 Å². The molecule has 0 spiro atoms. The third-order valence-corrected chi connectivity index (χ3v) is 3.70. The Labute approximate surface area is 115 Å². The van der Waals surface area contributed by atoms with E-state index >= 15 is 0 Å². The number of likely N-dealkylation sites (tertiary alicyclic amines) is 1. The number of unbranched alkanes of at least 4 members (excludes halogenated alkanes) is 1. The molecule has 1 fully saturated rings. The molecule has 1 saturated heterocycles. The third kappa shape index (κ3) is 4.15. The van der Waals surface area contributed by atoms with Crippen molar-refractivity contribution in [1.29, 1.82) is 0 Å². The second-order valence-corrected chi connectivity index (χ2v) is 6.32. The summed E-state index contributed by atoms with van der Waals surface area (Å²) in [5.41, 5.74) is -0.299. The minimum absolute atomic E-state index is 0.0327. The van der Waals surface area contributed by atoms with E-state index in [1.807, 2.05) is 27.7 Å². The maximum Gasteiger partial charge on any atom is 0.232 e. The molecule has 1 aliphatic heterocycles. The van der Waals surface area contributed by atoms with Crippen molar-refractivity contribution in [3.8, 4) is 0 Å². The molecule has 1 aliphatic rings. The summed E-state index contributed by atoms with van der Waals surface area (Å²) in [5, 5.41) is 0. The van der Waals surface area contributed by atoms with Gasteiger partial charge in [0.2, 0.25) is 11.8 Å². The summed E-state index contributed by atoms with van der Waals surface area (Å²) < 4.78 is 0. The van der Waals surface area contributed by atoms with Crippen LogP contribution in [0, 0.1) is 11.3 Å². The van der Waals surface area contributed by atoms with E-state index in [0.717, 1.165) is 19.3 Å². The Morgan fingerprint density at radius 3 is 2.37 bits per heavy atom. The van der Waals surface area contributed by atoms with Gasteiger partial charge < -0.3 is 0 Å². The maximum atomic E-state index is 11.9. The van der Waals surface area contributed by atoms with Gasteiger partial charge in [-0.1, -0.05) is 27.7 Å². The van der Waals surface area contributed by atoms with Crippen molar-refractivity contribution in [2.45, 2.75) is 59.8 Å². The highest BCUT2D eigenvalue weighted by molar-refractivity contribution is 6.03. The molecule has 0 aliphatic carbocycles. The first-order valence-electron chi connectivity index (χ1n) is 7.15. The molecule has 0 aromatic heterocycles. The SMILES string of the molecule is CCC1CC(=O)N(CCCCC(=O)C(C)(C)C)C1=O.